The van der Waals surface area contributed by atoms with Gasteiger partial charge in [-0.15, -0.1) is 0 Å². The number of H-pyrrole nitrogens is 1. The van der Waals surface area contributed by atoms with Gasteiger partial charge >= 0.3 is 0 Å². The lowest BCUT2D eigenvalue weighted by atomic mass is 10.1. The summed E-state index contributed by atoms with van der Waals surface area (Å²) < 4.78 is 0. The molecule has 1 aromatic carbocycles. The Morgan fingerprint density at radius 3 is 2.54 bits per heavy atom. The highest BCUT2D eigenvalue weighted by Crippen LogP contribution is 2.16. The van der Waals surface area contributed by atoms with Gasteiger partial charge in [-0.1, -0.05) is 13.0 Å². The number of nitrogens with one attached hydrogen (secondary N) is 1. The first kappa shape index (κ1) is 18.4. The minimum atomic E-state index is -0.0351. The molecular formula is C22H24N4O2. The number of carbonyl (C=O) groups excluding carboxylic acids is 1. The van der Waals surface area contributed by atoms with E-state index in [1.807, 2.05) is 17.0 Å². The van der Waals surface area contributed by atoms with Gasteiger partial charge in [0.1, 0.15) is 0 Å². The van der Waals surface area contributed by atoms with Crippen molar-refractivity contribution in [1.82, 2.24) is 19.8 Å². The molecule has 6 nitrogen and oxygen atoms in total. The fourth-order valence-corrected chi connectivity index (χ4v) is 3.67. The maximum absolute atomic E-state index is 12.6. The van der Waals surface area contributed by atoms with E-state index in [0.29, 0.717) is 25.2 Å². The molecule has 0 spiro atoms. The zero-order valence-corrected chi connectivity index (χ0v) is 16.0. The van der Waals surface area contributed by atoms with Gasteiger partial charge in [-0.3, -0.25) is 19.5 Å². The monoisotopic (exact) mass is 376 g/mol. The van der Waals surface area contributed by atoms with Crippen LogP contribution in [0.5, 0.6) is 0 Å². The zero-order chi connectivity index (χ0) is 19.5. The van der Waals surface area contributed by atoms with Crippen molar-refractivity contribution < 1.29 is 4.79 Å². The number of nitrogens with zero attached hydrogens (tertiary/aromatic N) is 3. The largest absolute Gasteiger partial charge is 0.336 e. The maximum Gasteiger partial charge on any atom is 0.254 e. The second-order valence-electron chi connectivity index (χ2n) is 7.20. The van der Waals surface area contributed by atoms with Gasteiger partial charge < -0.3 is 9.88 Å². The van der Waals surface area contributed by atoms with Crippen LogP contribution in [0.3, 0.4) is 0 Å². The van der Waals surface area contributed by atoms with Crippen molar-refractivity contribution in [3.63, 3.8) is 0 Å². The molecule has 1 fully saturated rings. The number of amides is 1. The number of fused-ring (bicyclic) bond motifs is 1. The molecule has 4 rings (SSSR count). The molecule has 0 radical (unpaired) electrons. The number of benzene rings is 1. The quantitative estimate of drug-likeness (QED) is 0.759. The van der Waals surface area contributed by atoms with Crippen LogP contribution in [0.2, 0.25) is 0 Å². The summed E-state index contributed by atoms with van der Waals surface area (Å²) in [6.07, 6.45) is 4.25. The summed E-state index contributed by atoms with van der Waals surface area (Å²) in [6, 6.07) is 11.7. The molecule has 1 N–H and O–H groups in total. The van der Waals surface area contributed by atoms with E-state index in [2.05, 4.69) is 33.9 Å². The number of aromatic amines is 1. The van der Waals surface area contributed by atoms with Crippen molar-refractivity contribution in [2.24, 2.45) is 0 Å². The Hall–Kier alpha value is -2.99. The third kappa shape index (κ3) is 3.82. The number of pyridine rings is 2. The highest BCUT2D eigenvalue weighted by atomic mass is 16.2. The molecule has 0 bridgehead atoms. The van der Waals surface area contributed by atoms with Crippen molar-refractivity contribution in [3.8, 4) is 0 Å². The summed E-state index contributed by atoms with van der Waals surface area (Å²) in [5, 5.41) is 1.07. The average molecular weight is 376 g/mol. The summed E-state index contributed by atoms with van der Waals surface area (Å²) in [6.45, 7) is 5.55. The van der Waals surface area contributed by atoms with Gasteiger partial charge in [0.25, 0.3) is 11.5 Å². The Bertz CT molecular complexity index is 1040. The summed E-state index contributed by atoms with van der Waals surface area (Å²) >= 11 is 0. The van der Waals surface area contributed by atoms with E-state index in [4.69, 9.17) is 0 Å². The van der Waals surface area contributed by atoms with Crippen LogP contribution >= 0.6 is 0 Å². The van der Waals surface area contributed by atoms with Crippen LogP contribution in [-0.4, -0.2) is 51.9 Å². The first-order valence-corrected chi connectivity index (χ1v) is 9.70. The Kier molecular flexibility index (Phi) is 5.21. The van der Waals surface area contributed by atoms with Gasteiger partial charge in [0, 0.05) is 61.8 Å². The zero-order valence-electron chi connectivity index (χ0n) is 16.0. The Balaban J connectivity index is 1.44. The van der Waals surface area contributed by atoms with Crippen LogP contribution in [0.1, 0.15) is 28.4 Å². The molecular weight excluding hydrogens is 352 g/mol. The summed E-state index contributed by atoms with van der Waals surface area (Å²) in [4.78, 5) is 36.1. The Morgan fingerprint density at radius 2 is 1.82 bits per heavy atom. The van der Waals surface area contributed by atoms with E-state index in [9.17, 15) is 9.59 Å². The van der Waals surface area contributed by atoms with E-state index in [1.165, 1.54) is 5.56 Å². The third-order valence-corrected chi connectivity index (χ3v) is 5.37. The van der Waals surface area contributed by atoms with Crippen molar-refractivity contribution in [1.29, 1.82) is 0 Å². The molecule has 0 unspecified atom stereocenters. The van der Waals surface area contributed by atoms with Crippen LogP contribution < -0.4 is 5.56 Å². The van der Waals surface area contributed by atoms with E-state index in [0.717, 1.165) is 36.0 Å². The highest BCUT2D eigenvalue weighted by molar-refractivity contribution is 5.94. The third-order valence-electron chi connectivity index (χ3n) is 5.37. The molecule has 0 aliphatic carbocycles. The lowest BCUT2D eigenvalue weighted by Gasteiger charge is -2.34. The van der Waals surface area contributed by atoms with E-state index in [-0.39, 0.29) is 11.5 Å². The number of rotatable bonds is 4. The molecule has 2 aromatic heterocycles. The second-order valence-corrected chi connectivity index (χ2v) is 7.20. The first-order chi connectivity index (χ1) is 13.6. The smallest absolute Gasteiger partial charge is 0.254 e. The molecule has 1 amide bonds. The molecule has 3 heterocycles. The molecule has 1 aliphatic rings. The molecule has 6 heteroatoms. The number of carbonyl (C=O) groups is 1. The summed E-state index contributed by atoms with van der Waals surface area (Å²) in [5.74, 6) is 0.0395. The van der Waals surface area contributed by atoms with Gasteiger partial charge in [-0.25, -0.2) is 0 Å². The van der Waals surface area contributed by atoms with Gasteiger partial charge in [0.2, 0.25) is 0 Å². The SMILES string of the molecule is CCc1ccc2[nH]c(=O)c(CN3CCN(C(=O)c4ccncc4)CC3)cc2c1. The van der Waals surface area contributed by atoms with Gasteiger partial charge in [0.15, 0.2) is 0 Å². The Labute approximate surface area is 163 Å². The molecule has 1 saturated heterocycles. The van der Waals surface area contributed by atoms with Crippen LogP contribution in [0.4, 0.5) is 0 Å². The summed E-state index contributed by atoms with van der Waals surface area (Å²) in [5.41, 5.74) is 3.54. The molecule has 144 valence electrons. The predicted octanol–water partition coefficient (Wildman–Crippen LogP) is 2.44. The molecule has 0 saturated carbocycles. The molecule has 0 atom stereocenters. The number of piperazine rings is 1. The maximum atomic E-state index is 12.6. The van der Waals surface area contributed by atoms with Crippen molar-refractivity contribution in [2.45, 2.75) is 19.9 Å². The molecule has 1 aliphatic heterocycles. The second kappa shape index (κ2) is 7.94. The van der Waals surface area contributed by atoms with Gasteiger partial charge in [-0.05, 0) is 47.7 Å². The normalized spacial score (nSPS) is 15.1. The van der Waals surface area contributed by atoms with Crippen molar-refractivity contribution >= 4 is 16.8 Å². The standard InChI is InChI=1S/C22H24N4O2/c1-2-16-3-4-20-18(13-16)14-19(21(27)24-20)15-25-9-11-26(12-10-25)22(28)17-5-7-23-8-6-17/h3-8,13-14H,2,9-12,15H2,1H3,(H,24,27). The van der Waals surface area contributed by atoms with Gasteiger partial charge in [-0.2, -0.15) is 0 Å². The number of hydrogen-bond donors (Lipinski definition) is 1. The van der Waals surface area contributed by atoms with E-state index >= 15 is 0 Å². The molecule has 28 heavy (non-hydrogen) atoms. The number of aromatic nitrogens is 2. The minimum Gasteiger partial charge on any atom is -0.336 e. The van der Waals surface area contributed by atoms with Crippen LogP contribution in [0.15, 0.2) is 53.6 Å². The van der Waals surface area contributed by atoms with E-state index < -0.39 is 0 Å². The number of hydrogen-bond acceptors (Lipinski definition) is 4. The highest BCUT2D eigenvalue weighted by Gasteiger charge is 2.22. The summed E-state index contributed by atoms with van der Waals surface area (Å²) in [7, 11) is 0. The predicted molar refractivity (Wildman–Crippen MR) is 109 cm³/mol. The van der Waals surface area contributed by atoms with Crippen LogP contribution in [0, 0.1) is 0 Å². The van der Waals surface area contributed by atoms with Crippen LogP contribution in [-0.2, 0) is 13.0 Å². The van der Waals surface area contributed by atoms with Gasteiger partial charge in [0.05, 0.1) is 0 Å². The first-order valence-electron chi connectivity index (χ1n) is 9.70. The fraction of sp³-hybridized carbons (Fsp3) is 0.318. The van der Waals surface area contributed by atoms with E-state index in [1.54, 1.807) is 24.5 Å². The average Bonchev–Trinajstić information content (AvgIpc) is 2.74. The fourth-order valence-electron chi connectivity index (χ4n) is 3.67. The lowest BCUT2D eigenvalue weighted by molar-refractivity contribution is 0.0628. The molecule has 3 aromatic rings. The minimum absolute atomic E-state index is 0.0351. The number of aryl methyl sites for hydroxylation is 1. The van der Waals surface area contributed by atoms with Crippen LogP contribution in [0.25, 0.3) is 10.9 Å². The van der Waals surface area contributed by atoms with Crippen molar-refractivity contribution in [3.05, 3.63) is 75.8 Å². The topological polar surface area (TPSA) is 69.3 Å². The Morgan fingerprint density at radius 1 is 1.07 bits per heavy atom. The lowest BCUT2D eigenvalue weighted by Crippen LogP contribution is -2.48. The van der Waals surface area contributed by atoms with Crippen molar-refractivity contribution in [2.75, 3.05) is 26.2 Å².